The maximum atomic E-state index is 15.5. The Bertz CT molecular complexity index is 2790. The summed E-state index contributed by atoms with van der Waals surface area (Å²) in [4.78, 5) is 33.6. The fourth-order valence-corrected chi connectivity index (χ4v) is 21.8. The monoisotopic (exact) mass is 1440 g/mol. The molecular formula is C78H124N2O2S2Te2. The number of nitrogens with zero attached hydrogens (tertiary/aromatic N) is 2. The standard InChI is InChI=1S/C78H124N2O2S2Te2/c1-7-11-15-19-23-27-29-33-37-41-49-65(47-39-35-31-25-21-17-13-9-3)51-43-45-57-79-70-61-68(75-55-56-76(86-75)73-62-72-71(84-73)59-63(5)83-72)78(82)80(69(70)60-67(77(79)81)74-54-53-64(6)85-74)58-46-44-52-66(48-40-36-32-26-22-18-14-10-4)50-42-38-34-30-28-24-20-16-12-8-2/h53-56,59-62,65-66H,7-52,57-58H2,1-6H3. The molecule has 0 aliphatic carbocycles. The van der Waals surface area contributed by atoms with Crippen LogP contribution in [0.15, 0.2) is 58.1 Å². The van der Waals surface area contributed by atoms with E-state index < -0.39 is 40.9 Å². The number of pyridine rings is 2. The van der Waals surface area contributed by atoms with Crippen LogP contribution in [-0.2, 0) is 13.1 Å². The minimum Gasteiger partial charge on any atom is -0.0654 e. The molecule has 0 amide bonds. The second-order valence-corrected chi connectivity index (χ2v) is 35.9. The zero-order valence-electron chi connectivity index (χ0n) is 56.1. The van der Waals surface area contributed by atoms with E-state index in [1.54, 1.807) is 0 Å². The first-order chi connectivity index (χ1) is 42.2. The van der Waals surface area contributed by atoms with Gasteiger partial charge in [0, 0.05) is 0 Å². The van der Waals surface area contributed by atoms with Crippen molar-refractivity contribution < 1.29 is 0 Å². The SMILES string of the molecule is CCCCCCCCCCCCC(CCCCCCCCCC)CCCCn1c(=O)c(-c2ccc(C)[te]2)cc2c1cc(-c1ccc(-c3cc4sc(C)cc4s3)[te]1)c(=O)n2CCCCC(CCCCCCCCCC)CCCCCCCCCCCC. The summed E-state index contributed by atoms with van der Waals surface area (Å²) in [6, 6.07) is 18.2. The van der Waals surface area contributed by atoms with Gasteiger partial charge < -0.3 is 0 Å². The molecular weight excluding hydrogens is 1320 g/mol. The number of fused-ring (bicyclic) bond motifs is 2. The third kappa shape index (κ3) is 26.9. The van der Waals surface area contributed by atoms with E-state index in [1.807, 2.05) is 22.7 Å². The molecule has 0 radical (unpaired) electrons. The molecule has 86 heavy (non-hydrogen) atoms. The van der Waals surface area contributed by atoms with Gasteiger partial charge >= 0.3 is 352 Å². The Morgan fingerprint density at radius 2 is 0.663 bits per heavy atom. The van der Waals surface area contributed by atoms with E-state index in [1.165, 1.54) is 303 Å². The van der Waals surface area contributed by atoms with Crippen LogP contribution in [0.5, 0.6) is 0 Å². The van der Waals surface area contributed by atoms with Gasteiger partial charge in [0.1, 0.15) is 0 Å². The van der Waals surface area contributed by atoms with Crippen molar-refractivity contribution in [1.29, 1.82) is 0 Å². The molecule has 0 aliphatic heterocycles. The fraction of sp³-hybridized carbons (Fsp3) is 0.718. The Hall–Kier alpha value is -1.64. The van der Waals surface area contributed by atoms with E-state index in [0.29, 0.717) is 13.1 Å². The first-order valence-corrected chi connectivity index (χ1v) is 43.0. The summed E-state index contributed by atoms with van der Waals surface area (Å²) in [5.41, 5.74) is 4.00. The third-order valence-corrected chi connectivity index (χ3v) is 28.0. The number of aryl methyl sites for hydroxylation is 4. The molecule has 0 saturated heterocycles. The van der Waals surface area contributed by atoms with E-state index in [0.717, 1.165) is 59.7 Å². The van der Waals surface area contributed by atoms with Crippen molar-refractivity contribution in [3.05, 3.63) is 77.7 Å². The van der Waals surface area contributed by atoms with Crippen molar-refractivity contribution in [2.75, 3.05) is 0 Å². The number of rotatable bonds is 53. The summed E-state index contributed by atoms with van der Waals surface area (Å²) in [7, 11) is 0. The molecule has 4 nitrogen and oxygen atoms in total. The topological polar surface area (TPSA) is 44.0 Å². The number of aromatic nitrogens is 2. The molecule has 0 aliphatic rings. The average molecular weight is 1440 g/mol. The van der Waals surface area contributed by atoms with Gasteiger partial charge in [-0.3, -0.25) is 0 Å². The minimum absolute atomic E-state index is 0.158. The molecule has 0 aromatic carbocycles. The van der Waals surface area contributed by atoms with Gasteiger partial charge in [-0.25, -0.2) is 0 Å². The normalized spacial score (nSPS) is 12.7. The van der Waals surface area contributed by atoms with Crippen LogP contribution >= 0.6 is 22.7 Å². The Morgan fingerprint density at radius 1 is 0.349 bits per heavy atom. The fourth-order valence-electron chi connectivity index (χ4n) is 13.8. The Morgan fingerprint density at radius 3 is 1.01 bits per heavy atom. The third-order valence-electron chi connectivity index (χ3n) is 19.2. The van der Waals surface area contributed by atoms with Crippen LogP contribution < -0.4 is 11.1 Å². The summed E-state index contributed by atoms with van der Waals surface area (Å²) >= 11 is 2.37. The van der Waals surface area contributed by atoms with Crippen LogP contribution in [0.1, 0.15) is 332 Å². The molecule has 2 atom stereocenters. The molecule has 6 aromatic rings. The van der Waals surface area contributed by atoms with Gasteiger partial charge in [0.05, 0.1) is 0 Å². The first-order valence-electron chi connectivity index (χ1n) is 36.7. The molecule has 0 N–H and O–H groups in total. The molecule has 8 heteroatoms. The Labute approximate surface area is 554 Å². The second kappa shape index (κ2) is 44.8. The Balaban J connectivity index is 1.22. The second-order valence-electron chi connectivity index (χ2n) is 26.8. The van der Waals surface area contributed by atoms with Gasteiger partial charge in [0.15, 0.2) is 0 Å². The number of unbranched alkanes of at least 4 members (excludes halogenated alkanes) is 34. The van der Waals surface area contributed by atoms with Crippen LogP contribution in [0.2, 0.25) is 0 Å². The zero-order valence-corrected chi connectivity index (χ0v) is 62.4. The van der Waals surface area contributed by atoms with Crippen molar-refractivity contribution in [2.24, 2.45) is 11.8 Å². The predicted octanol–water partition coefficient (Wildman–Crippen LogP) is 25.4. The van der Waals surface area contributed by atoms with Crippen molar-refractivity contribution >= 4 is 84.0 Å². The molecule has 482 valence electrons. The van der Waals surface area contributed by atoms with E-state index >= 15 is 9.59 Å². The molecule has 6 heterocycles. The van der Waals surface area contributed by atoms with Crippen molar-refractivity contribution in [1.82, 2.24) is 9.13 Å². The summed E-state index contributed by atoms with van der Waals surface area (Å²) in [5.74, 6) is 1.56. The van der Waals surface area contributed by atoms with Gasteiger partial charge in [0.2, 0.25) is 0 Å². The van der Waals surface area contributed by atoms with E-state index in [4.69, 9.17) is 0 Å². The van der Waals surface area contributed by atoms with Gasteiger partial charge in [-0.15, -0.1) is 0 Å². The summed E-state index contributed by atoms with van der Waals surface area (Å²) in [6.07, 6.45) is 62.3. The zero-order chi connectivity index (χ0) is 60.8. The Kier molecular flexibility index (Phi) is 38.2. The summed E-state index contributed by atoms with van der Waals surface area (Å²) < 4.78 is 12.4. The van der Waals surface area contributed by atoms with E-state index in [-0.39, 0.29) is 11.1 Å². The van der Waals surface area contributed by atoms with Crippen LogP contribution in [0.25, 0.3) is 47.2 Å². The van der Waals surface area contributed by atoms with Crippen LogP contribution in [0.3, 0.4) is 0 Å². The van der Waals surface area contributed by atoms with Crippen molar-refractivity contribution in [3.8, 4) is 26.7 Å². The van der Waals surface area contributed by atoms with Gasteiger partial charge in [0.25, 0.3) is 0 Å². The number of hydrogen-bond acceptors (Lipinski definition) is 4. The van der Waals surface area contributed by atoms with Crippen LogP contribution in [0, 0.1) is 25.7 Å². The summed E-state index contributed by atoms with van der Waals surface area (Å²) in [5, 5.41) is 0. The van der Waals surface area contributed by atoms with E-state index in [9.17, 15) is 0 Å². The number of hydrogen-bond donors (Lipinski definition) is 0. The van der Waals surface area contributed by atoms with Gasteiger partial charge in [-0.05, 0) is 0 Å². The van der Waals surface area contributed by atoms with Crippen molar-refractivity contribution in [3.63, 3.8) is 0 Å². The average Bonchev–Trinajstić information content (AvgIpc) is 1.13. The number of thiophene rings is 2. The molecule has 0 saturated carbocycles. The predicted molar refractivity (Wildman–Crippen MR) is 387 cm³/mol. The first kappa shape index (κ1) is 73.4. The minimum atomic E-state index is -0.815. The molecule has 0 fully saturated rings. The quantitative estimate of drug-likeness (QED) is 0.0282. The smallest absolute Gasteiger partial charge is 0.0654 e. The molecule has 0 spiro atoms. The van der Waals surface area contributed by atoms with Crippen LogP contribution in [0.4, 0.5) is 0 Å². The molecule has 6 rings (SSSR count). The van der Waals surface area contributed by atoms with Gasteiger partial charge in [-0.1, -0.05) is 207 Å². The van der Waals surface area contributed by atoms with E-state index in [2.05, 4.69) is 99.2 Å². The van der Waals surface area contributed by atoms with Gasteiger partial charge in [-0.2, -0.15) is 0 Å². The molecule has 0 bridgehead atoms. The molecule has 2 unspecified atom stereocenters. The van der Waals surface area contributed by atoms with Crippen LogP contribution in [-0.4, -0.2) is 50.0 Å². The summed E-state index contributed by atoms with van der Waals surface area (Å²) in [6.45, 7) is 15.2. The van der Waals surface area contributed by atoms with Crippen molar-refractivity contribution in [2.45, 2.75) is 350 Å². The maximum absolute atomic E-state index is 15.5. The molecule has 6 aromatic heterocycles.